The summed E-state index contributed by atoms with van der Waals surface area (Å²) >= 11 is 0. The maximum Gasteiger partial charge on any atom is 0.308 e. The molecule has 0 saturated heterocycles. The van der Waals surface area contributed by atoms with E-state index in [9.17, 15) is 4.79 Å². The molecule has 1 unspecified atom stereocenters. The number of ether oxygens (including phenoxy) is 1. The third kappa shape index (κ3) is 19.1. The normalized spacial score (nSPS) is 12.7. The second-order valence-electron chi connectivity index (χ2n) is 6.42. The number of aliphatic hydroxyl groups excluding tert-OH is 1. The first-order valence-corrected chi connectivity index (χ1v) is 9.69. The molecule has 1 atom stereocenters. The van der Waals surface area contributed by atoms with E-state index in [0.29, 0.717) is 6.42 Å². The minimum absolute atomic E-state index is 0.294. The van der Waals surface area contributed by atoms with Crippen molar-refractivity contribution in [2.24, 2.45) is 0 Å². The topological polar surface area (TPSA) is 46.5 Å². The van der Waals surface area contributed by atoms with Crippen molar-refractivity contribution in [1.29, 1.82) is 0 Å². The summed E-state index contributed by atoms with van der Waals surface area (Å²) in [5.41, 5.74) is 0. The van der Waals surface area contributed by atoms with Crippen LogP contribution < -0.4 is 0 Å². The van der Waals surface area contributed by atoms with Crippen LogP contribution in [0.3, 0.4) is 0 Å². The Morgan fingerprint density at radius 3 is 1.87 bits per heavy atom. The van der Waals surface area contributed by atoms with E-state index in [1.54, 1.807) is 0 Å². The molecule has 0 rings (SSSR count). The Labute approximate surface area is 143 Å². The molecule has 0 fully saturated rings. The number of allylic oxidation sites excluding steroid dienone is 2. The quantitative estimate of drug-likeness (QED) is 0.166. The van der Waals surface area contributed by atoms with Gasteiger partial charge in [0.1, 0.15) is 0 Å². The highest BCUT2D eigenvalue weighted by Crippen LogP contribution is 2.10. The highest BCUT2D eigenvalue weighted by Gasteiger charge is 2.05. The van der Waals surface area contributed by atoms with E-state index in [0.717, 1.165) is 12.8 Å². The van der Waals surface area contributed by atoms with Gasteiger partial charge >= 0.3 is 5.97 Å². The first-order valence-electron chi connectivity index (χ1n) is 9.69. The minimum Gasteiger partial charge on any atom is -0.436 e. The van der Waals surface area contributed by atoms with Crippen molar-refractivity contribution in [3.05, 3.63) is 12.2 Å². The average Bonchev–Trinajstić information content (AvgIpc) is 2.50. The molecule has 0 bridgehead atoms. The van der Waals surface area contributed by atoms with Gasteiger partial charge in [0.2, 0.25) is 0 Å². The van der Waals surface area contributed by atoms with E-state index < -0.39 is 6.29 Å². The standard InChI is InChI=1S/C20H38O3/c1-3-4-5-6-7-8-9-10-11-12-13-14-15-16-17-18-20(22)23-19(2)21/h10-11,19,21H,3-9,12-18H2,1-2H3/b11-10+. The van der Waals surface area contributed by atoms with Crippen LogP contribution in [0, 0.1) is 0 Å². The summed E-state index contributed by atoms with van der Waals surface area (Å²) in [4.78, 5) is 11.2. The molecule has 3 heteroatoms. The molecule has 0 aliphatic heterocycles. The number of aliphatic hydroxyl groups is 1. The number of rotatable bonds is 16. The van der Waals surface area contributed by atoms with Crippen molar-refractivity contribution in [1.82, 2.24) is 0 Å². The molecule has 0 heterocycles. The molecule has 1 N–H and O–H groups in total. The lowest BCUT2D eigenvalue weighted by Crippen LogP contribution is -2.13. The molecule has 0 spiro atoms. The molecule has 0 aromatic heterocycles. The lowest BCUT2D eigenvalue weighted by Gasteiger charge is -2.06. The van der Waals surface area contributed by atoms with Crippen LogP contribution in [0.15, 0.2) is 12.2 Å². The molecule has 0 amide bonds. The van der Waals surface area contributed by atoms with Gasteiger partial charge in [0.05, 0.1) is 0 Å². The monoisotopic (exact) mass is 326 g/mol. The summed E-state index contributed by atoms with van der Waals surface area (Å²) in [5, 5.41) is 8.90. The van der Waals surface area contributed by atoms with Crippen LogP contribution in [0.25, 0.3) is 0 Å². The van der Waals surface area contributed by atoms with Crippen LogP contribution in [-0.2, 0) is 9.53 Å². The minimum atomic E-state index is -0.981. The van der Waals surface area contributed by atoms with Crippen molar-refractivity contribution in [3.63, 3.8) is 0 Å². The van der Waals surface area contributed by atoms with Crippen molar-refractivity contribution >= 4 is 5.97 Å². The van der Waals surface area contributed by atoms with Gasteiger partial charge in [0.15, 0.2) is 6.29 Å². The van der Waals surface area contributed by atoms with E-state index in [2.05, 4.69) is 23.8 Å². The van der Waals surface area contributed by atoms with E-state index in [1.165, 1.54) is 77.6 Å². The lowest BCUT2D eigenvalue weighted by molar-refractivity contribution is -0.164. The Hall–Kier alpha value is -0.830. The zero-order chi connectivity index (χ0) is 17.2. The van der Waals surface area contributed by atoms with Crippen LogP contribution in [0.2, 0.25) is 0 Å². The van der Waals surface area contributed by atoms with Gasteiger partial charge in [0.25, 0.3) is 0 Å². The zero-order valence-electron chi connectivity index (χ0n) is 15.4. The third-order valence-electron chi connectivity index (χ3n) is 3.94. The molecule has 0 aliphatic rings. The van der Waals surface area contributed by atoms with Crippen LogP contribution in [0.5, 0.6) is 0 Å². The summed E-state index contributed by atoms with van der Waals surface area (Å²) in [5.74, 6) is -0.294. The summed E-state index contributed by atoms with van der Waals surface area (Å²) in [6.45, 7) is 3.71. The zero-order valence-corrected chi connectivity index (χ0v) is 15.4. The first-order chi connectivity index (χ1) is 11.2. The van der Waals surface area contributed by atoms with E-state index in [1.807, 2.05) is 0 Å². The van der Waals surface area contributed by atoms with Crippen LogP contribution in [-0.4, -0.2) is 17.4 Å². The molecule has 136 valence electrons. The fraction of sp³-hybridized carbons (Fsp3) is 0.850. The Bertz CT molecular complexity index is 285. The highest BCUT2D eigenvalue weighted by molar-refractivity contribution is 5.69. The van der Waals surface area contributed by atoms with Gasteiger partial charge in [0, 0.05) is 6.42 Å². The second kappa shape index (κ2) is 17.5. The Balaban J connectivity index is 3.18. The van der Waals surface area contributed by atoms with Crippen molar-refractivity contribution in [2.75, 3.05) is 0 Å². The van der Waals surface area contributed by atoms with E-state index >= 15 is 0 Å². The number of unbranched alkanes of at least 4 members (excludes halogenated alkanes) is 11. The Morgan fingerprint density at radius 2 is 1.35 bits per heavy atom. The maximum atomic E-state index is 11.2. The smallest absolute Gasteiger partial charge is 0.308 e. The van der Waals surface area contributed by atoms with Gasteiger partial charge < -0.3 is 9.84 Å². The van der Waals surface area contributed by atoms with Crippen molar-refractivity contribution in [3.8, 4) is 0 Å². The van der Waals surface area contributed by atoms with Gasteiger partial charge in [-0.25, -0.2) is 0 Å². The molecule has 0 saturated carbocycles. The van der Waals surface area contributed by atoms with Crippen LogP contribution in [0.1, 0.15) is 104 Å². The number of carbonyl (C=O) groups is 1. The van der Waals surface area contributed by atoms with Gasteiger partial charge in [-0.3, -0.25) is 4.79 Å². The van der Waals surface area contributed by atoms with Crippen LogP contribution >= 0.6 is 0 Å². The van der Waals surface area contributed by atoms with Gasteiger partial charge in [-0.15, -0.1) is 0 Å². The lowest BCUT2D eigenvalue weighted by atomic mass is 10.1. The van der Waals surface area contributed by atoms with E-state index in [-0.39, 0.29) is 5.97 Å². The fourth-order valence-electron chi connectivity index (χ4n) is 2.59. The predicted octanol–water partition coefficient (Wildman–Crippen LogP) is 5.91. The molecule has 0 aliphatic carbocycles. The summed E-state index contributed by atoms with van der Waals surface area (Å²) < 4.78 is 4.68. The number of esters is 1. The fourth-order valence-corrected chi connectivity index (χ4v) is 2.59. The van der Waals surface area contributed by atoms with Gasteiger partial charge in [-0.05, 0) is 39.0 Å². The maximum absolute atomic E-state index is 11.2. The van der Waals surface area contributed by atoms with Crippen molar-refractivity contribution in [2.45, 2.75) is 110 Å². The first kappa shape index (κ1) is 22.2. The molecule has 0 radical (unpaired) electrons. The van der Waals surface area contributed by atoms with Gasteiger partial charge in [-0.2, -0.15) is 0 Å². The van der Waals surface area contributed by atoms with E-state index in [4.69, 9.17) is 5.11 Å². The second-order valence-corrected chi connectivity index (χ2v) is 6.42. The average molecular weight is 327 g/mol. The molecular formula is C20H38O3. The molecular weight excluding hydrogens is 288 g/mol. The molecule has 0 aromatic rings. The molecule has 23 heavy (non-hydrogen) atoms. The van der Waals surface area contributed by atoms with Gasteiger partial charge in [-0.1, -0.05) is 70.4 Å². The number of hydrogen-bond acceptors (Lipinski definition) is 3. The Morgan fingerprint density at radius 1 is 0.870 bits per heavy atom. The third-order valence-corrected chi connectivity index (χ3v) is 3.94. The SMILES string of the molecule is CCCCCCCC/C=C/CCCCCCCC(=O)OC(C)O. The highest BCUT2D eigenvalue weighted by atomic mass is 16.6. The summed E-state index contributed by atoms with van der Waals surface area (Å²) in [7, 11) is 0. The predicted molar refractivity (Wildman–Crippen MR) is 97.2 cm³/mol. The summed E-state index contributed by atoms with van der Waals surface area (Å²) in [6.07, 6.45) is 20.3. The molecule has 0 aromatic carbocycles. The number of hydrogen-bond donors (Lipinski definition) is 1. The largest absolute Gasteiger partial charge is 0.436 e. The Kier molecular flexibility index (Phi) is 16.9. The summed E-state index contributed by atoms with van der Waals surface area (Å²) in [6, 6.07) is 0. The van der Waals surface area contributed by atoms with Crippen LogP contribution in [0.4, 0.5) is 0 Å². The van der Waals surface area contributed by atoms with Crippen molar-refractivity contribution < 1.29 is 14.6 Å². The number of carbonyl (C=O) groups excluding carboxylic acids is 1. The molecule has 3 nitrogen and oxygen atoms in total.